The van der Waals surface area contributed by atoms with E-state index in [9.17, 15) is 4.79 Å². The van der Waals surface area contributed by atoms with Crippen molar-refractivity contribution < 1.29 is 19.4 Å². The molecule has 0 fully saturated rings. The molecule has 0 aliphatic heterocycles. The fraction of sp³-hybridized carbons (Fsp3) is 0.833. The Hall–Kier alpha value is -1.26. The van der Waals surface area contributed by atoms with E-state index in [2.05, 4.69) is 26.1 Å². The number of alkyl carbamates (subject to hydrolysis) is 1. The molecule has 17 heavy (non-hydrogen) atoms. The number of rotatable bonds is 1. The molecule has 0 heterocycles. The molecule has 0 aromatic heterocycles. The Morgan fingerprint density at radius 3 is 1.82 bits per heavy atom. The van der Waals surface area contributed by atoms with Crippen molar-refractivity contribution in [3.05, 3.63) is 0 Å². The molecular formula is C12H27NO4. The zero-order valence-electron chi connectivity index (χ0n) is 12.0. The lowest BCUT2D eigenvalue weighted by atomic mass is 10.2. The minimum atomic E-state index is -0.390. The van der Waals surface area contributed by atoms with Gasteiger partial charge in [0.15, 0.2) is 0 Å². The van der Waals surface area contributed by atoms with Gasteiger partial charge in [-0.1, -0.05) is 20.8 Å². The molecule has 0 aliphatic rings. The van der Waals surface area contributed by atoms with Crippen LogP contribution >= 0.6 is 0 Å². The quantitative estimate of drug-likeness (QED) is 0.701. The van der Waals surface area contributed by atoms with Crippen molar-refractivity contribution in [2.75, 3.05) is 6.54 Å². The largest absolute Gasteiger partial charge is 0.483 e. The number of carbonyl (C=O) groups is 2. The van der Waals surface area contributed by atoms with Crippen molar-refractivity contribution in [3.63, 3.8) is 0 Å². The van der Waals surface area contributed by atoms with E-state index >= 15 is 0 Å². The Bertz CT molecular complexity index is 183. The predicted octanol–water partition coefficient (Wildman–Crippen LogP) is 2.89. The Balaban J connectivity index is -0.000000232. The summed E-state index contributed by atoms with van der Waals surface area (Å²) in [4.78, 5) is 19.1. The van der Waals surface area contributed by atoms with Gasteiger partial charge < -0.3 is 15.2 Å². The molecule has 0 unspecified atom stereocenters. The van der Waals surface area contributed by atoms with Gasteiger partial charge in [0, 0.05) is 6.54 Å². The maximum Gasteiger partial charge on any atom is 0.407 e. The summed E-state index contributed by atoms with van der Waals surface area (Å²) in [6.07, 6.45) is -0.352. The van der Waals surface area contributed by atoms with E-state index in [1.807, 2.05) is 27.7 Å². The topological polar surface area (TPSA) is 75.6 Å². The van der Waals surface area contributed by atoms with Crippen LogP contribution in [-0.4, -0.2) is 29.8 Å². The molecule has 2 N–H and O–H groups in total. The molecule has 104 valence electrons. The third kappa shape index (κ3) is 52.7. The lowest BCUT2D eigenvalue weighted by Gasteiger charge is -2.19. The Kier molecular flexibility index (Phi) is 15.9. The van der Waals surface area contributed by atoms with Gasteiger partial charge in [-0.2, -0.15) is 0 Å². The summed E-state index contributed by atoms with van der Waals surface area (Å²) in [6.45, 7) is 14.2. The van der Waals surface area contributed by atoms with Crippen LogP contribution in [0.4, 0.5) is 4.79 Å². The molecule has 0 saturated heterocycles. The molecule has 0 aliphatic carbocycles. The van der Waals surface area contributed by atoms with Gasteiger partial charge in [0.1, 0.15) is 5.60 Å². The van der Waals surface area contributed by atoms with Gasteiger partial charge in [0.2, 0.25) is 0 Å². The smallest absolute Gasteiger partial charge is 0.407 e. The highest BCUT2D eigenvalue weighted by atomic mass is 16.6. The van der Waals surface area contributed by atoms with Gasteiger partial charge >= 0.3 is 6.09 Å². The van der Waals surface area contributed by atoms with E-state index in [0.29, 0.717) is 6.54 Å². The summed E-state index contributed by atoms with van der Waals surface area (Å²) in [7, 11) is 0. The highest BCUT2D eigenvalue weighted by Gasteiger charge is 2.14. The molecule has 0 atom stereocenters. The van der Waals surface area contributed by atoms with Crippen LogP contribution in [0.2, 0.25) is 0 Å². The van der Waals surface area contributed by atoms with Gasteiger partial charge in [0.25, 0.3) is 6.47 Å². The average Bonchev–Trinajstić information content (AvgIpc) is 2.00. The van der Waals surface area contributed by atoms with Crippen molar-refractivity contribution >= 4 is 12.6 Å². The summed E-state index contributed by atoms with van der Waals surface area (Å²) in [5, 5.41) is 9.43. The van der Waals surface area contributed by atoms with E-state index in [4.69, 9.17) is 14.6 Å². The second-order valence-corrected chi connectivity index (χ2v) is 4.87. The maximum absolute atomic E-state index is 10.7. The summed E-state index contributed by atoms with van der Waals surface area (Å²) >= 11 is 0. The number of ether oxygens (including phenoxy) is 1. The van der Waals surface area contributed by atoms with Crippen LogP contribution in [-0.2, 0) is 9.53 Å². The van der Waals surface area contributed by atoms with E-state index in [1.54, 1.807) is 0 Å². The van der Waals surface area contributed by atoms with Crippen LogP contribution < -0.4 is 5.32 Å². The third-order valence-electron chi connectivity index (χ3n) is 0.720. The number of hydrogen-bond donors (Lipinski definition) is 2. The first-order valence-electron chi connectivity index (χ1n) is 5.65. The molecular weight excluding hydrogens is 222 g/mol. The number of carboxylic acid groups (broad SMARTS) is 1. The number of hydrogen-bond acceptors (Lipinski definition) is 3. The minimum absolute atomic E-state index is 0.250. The van der Waals surface area contributed by atoms with Crippen LogP contribution in [0.5, 0.6) is 0 Å². The van der Waals surface area contributed by atoms with Crippen LogP contribution in [0.25, 0.3) is 0 Å². The standard InChI is InChI=1S/C7H15NO2.C4H10.CH2O2/c1-5-8-6(9)10-7(2,3)4;1-4(2)3;2-1-3/h5H2,1-4H3,(H,8,9);4H,1-3H3;1H,(H,2,3). The van der Waals surface area contributed by atoms with Crippen molar-refractivity contribution in [1.29, 1.82) is 0 Å². The Morgan fingerprint density at radius 1 is 1.35 bits per heavy atom. The molecule has 0 radical (unpaired) electrons. The van der Waals surface area contributed by atoms with Crippen molar-refractivity contribution in [3.8, 4) is 0 Å². The fourth-order valence-electron chi connectivity index (χ4n) is 0.459. The van der Waals surface area contributed by atoms with Gasteiger partial charge in [-0.3, -0.25) is 4.79 Å². The summed E-state index contributed by atoms with van der Waals surface area (Å²) < 4.78 is 4.93. The normalized spacial score (nSPS) is 9.18. The molecule has 0 rings (SSSR count). The van der Waals surface area contributed by atoms with Gasteiger partial charge in [-0.25, -0.2) is 4.79 Å². The molecule has 0 saturated carbocycles. The molecule has 0 aromatic rings. The van der Waals surface area contributed by atoms with Crippen molar-refractivity contribution in [2.45, 2.75) is 54.1 Å². The molecule has 5 heteroatoms. The maximum atomic E-state index is 10.7. The first kappa shape index (κ1) is 21.1. The lowest BCUT2D eigenvalue weighted by molar-refractivity contribution is -0.122. The predicted molar refractivity (Wildman–Crippen MR) is 69.1 cm³/mol. The van der Waals surface area contributed by atoms with E-state index in [0.717, 1.165) is 5.92 Å². The van der Waals surface area contributed by atoms with Crippen LogP contribution in [0.15, 0.2) is 0 Å². The zero-order valence-corrected chi connectivity index (χ0v) is 12.0. The number of nitrogens with one attached hydrogen (secondary N) is 1. The summed E-state index contributed by atoms with van der Waals surface area (Å²) in [6, 6.07) is 0. The number of carbonyl (C=O) groups excluding carboxylic acids is 1. The van der Waals surface area contributed by atoms with Crippen molar-refractivity contribution in [1.82, 2.24) is 5.32 Å². The van der Waals surface area contributed by atoms with Crippen LogP contribution in [0, 0.1) is 5.92 Å². The Labute approximate surface area is 105 Å². The summed E-state index contributed by atoms with van der Waals surface area (Å²) in [5.74, 6) is 0.833. The molecule has 0 bridgehead atoms. The van der Waals surface area contributed by atoms with Crippen molar-refractivity contribution in [2.24, 2.45) is 5.92 Å². The van der Waals surface area contributed by atoms with E-state index in [-0.39, 0.29) is 18.2 Å². The van der Waals surface area contributed by atoms with Gasteiger partial charge in [-0.05, 0) is 33.6 Å². The molecule has 0 aromatic carbocycles. The second-order valence-electron chi connectivity index (χ2n) is 4.87. The van der Waals surface area contributed by atoms with Crippen LogP contribution in [0.3, 0.4) is 0 Å². The molecule has 0 spiro atoms. The molecule has 1 amide bonds. The average molecular weight is 249 g/mol. The zero-order chi connectivity index (χ0) is 14.5. The first-order chi connectivity index (χ1) is 7.60. The van der Waals surface area contributed by atoms with E-state index < -0.39 is 0 Å². The monoisotopic (exact) mass is 249 g/mol. The highest BCUT2D eigenvalue weighted by Crippen LogP contribution is 2.05. The number of amides is 1. The lowest BCUT2D eigenvalue weighted by Crippen LogP contribution is -2.32. The van der Waals surface area contributed by atoms with E-state index in [1.165, 1.54) is 0 Å². The van der Waals surface area contributed by atoms with Gasteiger partial charge in [0.05, 0.1) is 0 Å². The SMILES string of the molecule is CC(C)C.CCNC(=O)OC(C)(C)C.O=CO. The fourth-order valence-corrected chi connectivity index (χ4v) is 0.459. The third-order valence-corrected chi connectivity index (χ3v) is 0.720. The summed E-state index contributed by atoms with van der Waals surface area (Å²) in [5.41, 5.74) is -0.390. The highest BCUT2D eigenvalue weighted by molar-refractivity contribution is 5.67. The van der Waals surface area contributed by atoms with Crippen LogP contribution in [0.1, 0.15) is 48.5 Å². The minimum Gasteiger partial charge on any atom is -0.483 e. The first-order valence-corrected chi connectivity index (χ1v) is 5.65. The molecule has 5 nitrogen and oxygen atoms in total. The second kappa shape index (κ2) is 12.8. The Morgan fingerprint density at radius 2 is 1.65 bits per heavy atom. The van der Waals surface area contributed by atoms with Gasteiger partial charge in [-0.15, -0.1) is 0 Å².